The molecule has 0 aliphatic carbocycles. The van der Waals surface area contributed by atoms with Crippen LogP contribution < -0.4 is 0 Å². The molecule has 0 aromatic carbocycles. The largest absolute Gasteiger partial charge is 0.653 e. The van der Waals surface area contributed by atoms with Gasteiger partial charge in [0.2, 0.25) is 0 Å². The van der Waals surface area contributed by atoms with Gasteiger partial charge in [0.1, 0.15) is 0 Å². The van der Waals surface area contributed by atoms with Gasteiger partial charge in [0.25, 0.3) is 0 Å². The highest BCUT2D eigenvalue weighted by Gasteiger charge is 1.91. The maximum absolute atomic E-state index is 9.72. The van der Waals surface area contributed by atoms with E-state index in [1.54, 1.807) is 0 Å². The molecule has 0 spiro atoms. The summed E-state index contributed by atoms with van der Waals surface area (Å²) in [5.41, 5.74) is 0. The van der Waals surface area contributed by atoms with Crippen molar-refractivity contribution in [2.75, 3.05) is 6.61 Å². The molecule has 15 heavy (non-hydrogen) atoms. The van der Waals surface area contributed by atoms with E-state index in [2.05, 4.69) is 11.7 Å². The van der Waals surface area contributed by atoms with E-state index in [1.165, 1.54) is 64.3 Å². The number of unbranched alkanes of at least 4 members (excludes halogenated alkanes) is 9. The highest BCUT2D eigenvalue weighted by molar-refractivity contribution is 5.37. The molecule has 0 rings (SSSR count). The lowest BCUT2D eigenvalue weighted by atomic mass is 10.1. The SMILES string of the molecule is CCCCCCCCCCCCO[C-]=O. The second kappa shape index (κ2) is 13.5. The first kappa shape index (κ1) is 14.5. The minimum Gasteiger partial charge on any atom is -0.653 e. The van der Waals surface area contributed by atoms with Crippen molar-refractivity contribution in [1.82, 2.24) is 0 Å². The van der Waals surface area contributed by atoms with Gasteiger partial charge in [-0.1, -0.05) is 71.2 Å². The molecule has 2 heteroatoms. The lowest BCUT2D eigenvalue weighted by Crippen LogP contribution is -1.91. The Kier molecular flexibility index (Phi) is 13.0. The van der Waals surface area contributed by atoms with Gasteiger partial charge < -0.3 is 9.53 Å². The Morgan fingerprint density at radius 2 is 1.27 bits per heavy atom. The Labute approximate surface area is 94.4 Å². The minimum atomic E-state index is 0.542. The Bertz CT molecular complexity index is 124. The van der Waals surface area contributed by atoms with Crippen LogP contribution >= 0.6 is 0 Å². The van der Waals surface area contributed by atoms with E-state index in [0.29, 0.717) is 6.61 Å². The Morgan fingerprint density at radius 3 is 1.73 bits per heavy atom. The summed E-state index contributed by atoms with van der Waals surface area (Å²) in [6, 6.07) is 0. The summed E-state index contributed by atoms with van der Waals surface area (Å²) in [6.45, 7) is 4.24. The maximum Gasteiger partial charge on any atom is 0.0480 e. The van der Waals surface area contributed by atoms with Gasteiger partial charge in [-0.25, -0.2) is 0 Å². The molecule has 0 radical (unpaired) electrons. The molecule has 90 valence electrons. The molecule has 0 amide bonds. The molecule has 0 saturated heterocycles. The average Bonchev–Trinajstić information content (AvgIpc) is 2.26. The minimum absolute atomic E-state index is 0.542. The zero-order chi connectivity index (χ0) is 11.2. The van der Waals surface area contributed by atoms with Crippen LogP contribution in [0, 0.1) is 0 Å². The van der Waals surface area contributed by atoms with Crippen LogP contribution in [-0.4, -0.2) is 13.1 Å². The number of hydrogen-bond donors (Lipinski definition) is 0. The third-order valence-electron chi connectivity index (χ3n) is 2.66. The standard InChI is InChI=1S/C13H25O2/c1-2-3-4-5-6-7-8-9-10-11-12-15-13-14/h2-12H2,1H3/q-1. The predicted molar refractivity (Wildman–Crippen MR) is 63.5 cm³/mol. The van der Waals surface area contributed by atoms with Gasteiger partial charge in [0.15, 0.2) is 0 Å². The van der Waals surface area contributed by atoms with E-state index < -0.39 is 0 Å². The van der Waals surface area contributed by atoms with Crippen LogP contribution in [0.5, 0.6) is 0 Å². The van der Waals surface area contributed by atoms with Crippen molar-refractivity contribution in [3.05, 3.63) is 0 Å². The van der Waals surface area contributed by atoms with Crippen molar-refractivity contribution in [3.8, 4) is 0 Å². The molecule has 0 aromatic rings. The summed E-state index contributed by atoms with van der Waals surface area (Å²) < 4.78 is 4.50. The molecule has 0 fully saturated rings. The van der Waals surface area contributed by atoms with E-state index in [4.69, 9.17) is 0 Å². The molecule has 0 aliphatic heterocycles. The van der Waals surface area contributed by atoms with Crippen LogP contribution in [-0.2, 0) is 9.53 Å². The first-order valence-electron chi connectivity index (χ1n) is 6.40. The topological polar surface area (TPSA) is 26.3 Å². The normalized spacial score (nSPS) is 10.2. The Morgan fingerprint density at radius 1 is 0.800 bits per heavy atom. The summed E-state index contributed by atoms with van der Waals surface area (Å²) in [5, 5.41) is 0. The zero-order valence-electron chi connectivity index (χ0n) is 10.1. The smallest absolute Gasteiger partial charge is 0.0480 e. The molecule has 0 heterocycles. The average molecular weight is 213 g/mol. The highest BCUT2D eigenvalue weighted by Crippen LogP contribution is 2.10. The summed E-state index contributed by atoms with van der Waals surface area (Å²) >= 11 is 0. The molecule has 0 aromatic heterocycles. The lowest BCUT2D eigenvalue weighted by molar-refractivity contribution is 0.268. The molecule has 2 nitrogen and oxygen atoms in total. The molecule has 0 unspecified atom stereocenters. The van der Waals surface area contributed by atoms with Crippen LogP contribution in [0.2, 0.25) is 0 Å². The predicted octanol–water partition coefficient (Wildman–Crippen LogP) is 3.99. The molecule has 0 bridgehead atoms. The van der Waals surface area contributed by atoms with Gasteiger partial charge in [0, 0.05) is 6.61 Å². The summed E-state index contributed by atoms with van der Waals surface area (Å²) in [4.78, 5) is 9.72. The van der Waals surface area contributed by atoms with Crippen LogP contribution in [0.4, 0.5) is 0 Å². The van der Waals surface area contributed by atoms with Crippen LogP contribution in [0.15, 0.2) is 0 Å². The fourth-order valence-corrected chi connectivity index (χ4v) is 1.70. The van der Waals surface area contributed by atoms with Gasteiger partial charge in [-0.3, -0.25) is 0 Å². The lowest BCUT2D eigenvalue weighted by Gasteiger charge is -2.06. The highest BCUT2D eigenvalue weighted by atomic mass is 16.5. The molecule has 0 N–H and O–H groups in total. The number of hydrogen-bond acceptors (Lipinski definition) is 2. The van der Waals surface area contributed by atoms with Gasteiger partial charge in [-0.2, -0.15) is 0 Å². The van der Waals surface area contributed by atoms with Crippen molar-refractivity contribution >= 4 is 6.47 Å². The molecular formula is C13H25O2-. The maximum atomic E-state index is 9.72. The Balaban J connectivity index is 2.83. The molecule has 0 aliphatic rings. The monoisotopic (exact) mass is 213 g/mol. The summed E-state index contributed by atoms with van der Waals surface area (Å²) in [6.07, 6.45) is 13.0. The van der Waals surface area contributed by atoms with E-state index in [9.17, 15) is 4.79 Å². The van der Waals surface area contributed by atoms with Crippen molar-refractivity contribution in [2.45, 2.75) is 71.1 Å². The van der Waals surface area contributed by atoms with Gasteiger partial charge in [-0.05, 0) is 6.42 Å². The van der Waals surface area contributed by atoms with Crippen molar-refractivity contribution in [1.29, 1.82) is 0 Å². The van der Waals surface area contributed by atoms with E-state index in [0.717, 1.165) is 6.42 Å². The van der Waals surface area contributed by atoms with E-state index >= 15 is 0 Å². The van der Waals surface area contributed by atoms with Crippen molar-refractivity contribution in [2.24, 2.45) is 0 Å². The fourth-order valence-electron chi connectivity index (χ4n) is 1.70. The molecule has 0 saturated carbocycles. The van der Waals surface area contributed by atoms with Crippen LogP contribution in [0.1, 0.15) is 71.1 Å². The first-order chi connectivity index (χ1) is 7.41. The number of rotatable bonds is 12. The van der Waals surface area contributed by atoms with Crippen molar-refractivity contribution in [3.63, 3.8) is 0 Å². The second-order valence-corrected chi connectivity index (χ2v) is 4.11. The van der Waals surface area contributed by atoms with E-state index in [-0.39, 0.29) is 0 Å². The second-order valence-electron chi connectivity index (χ2n) is 4.11. The fraction of sp³-hybridized carbons (Fsp3) is 0.923. The van der Waals surface area contributed by atoms with Crippen LogP contribution in [0.25, 0.3) is 0 Å². The molecule has 0 atom stereocenters. The quantitative estimate of drug-likeness (QED) is 0.362. The summed E-state index contributed by atoms with van der Waals surface area (Å²) in [5.74, 6) is 0. The Hall–Kier alpha value is -0.530. The van der Waals surface area contributed by atoms with E-state index in [1.807, 2.05) is 0 Å². The van der Waals surface area contributed by atoms with Crippen LogP contribution in [0.3, 0.4) is 0 Å². The van der Waals surface area contributed by atoms with Gasteiger partial charge in [0.05, 0.1) is 0 Å². The number of carbonyl (C=O) groups excluding carboxylic acids is 1. The first-order valence-corrected chi connectivity index (χ1v) is 6.40. The third-order valence-corrected chi connectivity index (χ3v) is 2.66. The van der Waals surface area contributed by atoms with Gasteiger partial charge in [-0.15, -0.1) is 0 Å². The molecular weight excluding hydrogens is 188 g/mol. The number of ether oxygens (including phenoxy) is 1. The third kappa shape index (κ3) is 13.5. The summed E-state index contributed by atoms with van der Waals surface area (Å²) in [7, 11) is 0. The zero-order valence-corrected chi connectivity index (χ0v) is 10.1. The van der Waals surface area contributed by atoms with Crippen molar-refractivity contribution < 1.29 is 9.53 Å². The van der Waals surface area contributed by atoms with Gasteiger partial charge >= 0.3 is 0 Å².